The lowest BCUT2D eigenvalue weighted by atomic mass is 10.1. The van der Waals surface area contributed by atoms with Crippen molar-refractivity contribution in [1.82, 2.24) is 10.6 Å². The standard InChI is InChI=1S/C17H16BrFN2O3/c1-20-17(23)12-4-2-11(3-5-12)9-21-16(22)10-24-15-7-6-13(18)8-14(15)19/h2-8H,9-10H2,1H3,(H,20,23)(H,21,22). The van der Waals surface area contributed by atoms with E-state index in [0.29, 0.717) is 16.6 Å². The van der Waals surface area contributed by atoms with E-state index in [1.54, 1.807) is 37.4 Å². The number of carbonyl (C=O) groups is 2. The summed E-state index contributed by atoms with van der Waals surface area (Å²) in [6.07, 6.45) is 0. The Morgan fingerprint density at radius 1 is 1.17 bits per heavy atom. The Hall–Kier alpha value is -2.41. The van der Waals surface area contributed by atoms with Crippen molar-refractivity contribution in [2.45, 2.75) is 6.54 Å². The van der Waals surface area contributed by atoms with Gasteiger partial charge in [-0.05, 0) is 35.9 Å². The van der Waals surface area contributed by atoms with Crippen LogP contribution in [0.25, 0.3) is 0 Å². The SMILES string of the molecule is CNC(=O)c1ccc(CNC(=O)COc2ccc(Br)cc2F)cc1. The van der Waals surface area contributed by atoms with Crippen LogP contribution in [0.15, 0.2) is 46.9 Å². The Bertz CT molecular complexity index is 735. The summed E-state index contributed by atoms with van der Waals surface area (Å²) in [5.41, 5.74) is 1.38. The van der Waals surface area contributed by atoms with E-state index in [-0.39, 0.29) is 24.2 Å². The largest absolute Gasteiger partial charge is 0.481 e. The van der Waals surface area contributed by atoms with Crippen LogP contribution in [0.5, 0.6) is 5.75 Å². The number of halogens is 2. The lowest BCUT2D eigenvalue weighted by Gasteiger charge is -2.09. The maximum Gasteiger partial charge on any atom is 0.258 e. The zero-order chi connectivity index (χ0) is 17.5. The van der Waals surface area contributed by atoms with Crippen LogP contribution < -0.4 is 15.4 Å². The molecule has 0 spiro atoms. The van der Waals surface area contributed by atoms with E-state index in [1.807, 2.05) is 0 Å². The summed E-state index contributed by atoms with van der Waals surface area (Å²) >= 11 is 3.15. The molecule has 0 aliphatic heterocycles. The molecule has 2 aromatic carbocycles. The molecule has 2 rings (SSSR count). The van der Waals surface area contributed by atoms with Crippen molar-refractivity contribution < 1.29 is 18.7 Å². The molecule has 5 nitrogen and oxygen atoms in total. The summed E-state index contributed by atoms with van der Waals surface area (Å²) in [5.74, 6) is -1.06. The molecule has 0 bridgehead atoms. The van der Waals surface area contributed by atoms with Crippen LogP contribution in [-0.2, 0) is 11.3 Å². The molecule has 0 radical (unpaired) electrons. The highest BCUT2D eigenvalue weighted by atomic mass is 79.9. The van der Waals surface area contributed by atoms with Gasteiger partial charge in [-0.15, -0.1) is 0 Å². The normalized spacial score (nSPS) is 10.1. The summed E-state index contributed by atoms with van der Waals surface area (Å²) in [6.45, 7) is 0.00785. The van der Waals surface area contributed by atoms with E-state index in [9.17, 15) is 14.0 Å². The molecule has 0 saturated heterocycles. The fourth-order valence-electron chi connectivity index (χ4n) is 1.91. The minimum Gasteiger partial charge on any atom is -0.481 e. The fraction of sp³-hybridized carbons (Fsp3) is 0.176. The predicted octanol–water partition coefficient (Wildman–Crippen LogP) is 2.64. The smallest absolute Gasteiger partial charge is 0.258 e. The van der Waals surface area contributed by atoms with Gasteiger partial charge in [-0.1, -0.05) is 28.1 Å². The van der Waals surface area contributed by atoms with Crippen molar-refractivity contribution in [2.24, 2.45) is 0 Å². The Balaban J connectivity index is 1.81. The first-order valence-corrected chi connectivity index (χ1v) is 7.94. The van der Waals surface area contributed by atoms with E-state index >= 15 is 0 Å². The minimum atomic E-state index is -0.540. The molecular weight excluding hydrogens is 379 g/mol. The van der Waals surface area contributed by atoms with Crippen molar-refractivity contribution in [3.63, 3.8) is 0 Å². The lowest BCUT2D eigenvalue weighted by Crippen LogP contribution is -2.28. The number of hydrogen-bond donors (Lipinski definition) is 2. The second-order valence-corrected chi connectivity index (χ2v) is 5.83. The number of carbonyl (C=O) groups excluding carboxylic acids is 2. The summed E-state index contributed by atoms with van der Waals surface area (Å²) in [5, 5.41) is 5.20. The van der Waals surface area contributed by atoms with E-state index in [1.165, 1.54) is 12.1 Å². The third-order valence-electron chi connectivity index (χ3n) is 3.19. The van der Waals surface area contributed by atoms with Gasteiger partial charge in [0.15, 0.2) is 18.2 Å². The van der Waals surface area contributed by atoms with Gasteiger partial charge in [0, 0.05) is 23.6 Å². The zero-order valence-electron chi connectivity index (χ0n) is 12.9. The first-order valence-electron chi connectivity index (χ1n) is 7.15. The monoisotopic (exact) mass is 394 g/mol. The van der Waals surface area contributed by atoms with Gasteiger partial charge >= 0.3 is 0 Å². The van der Waals surface area contributed by atoms with Crippen LogP contribution in [-0.4, -0.2) is 25.5 Å². The molecule has 2 aromatic rings. The Labute approximate surface area is 147 Å². The maximum absolute atomic E-state index is 13.6. The second-order valence-electron chi connectivity index (χ2n) is 4.92. The number of rotatable bonds is 6. The Kier molecular flexibility index (Phi) is 6.31. The predicted molar refractivity (Wildman–Crippen MR) is 91.3 cm³/mol. The molecule has 0 atom stereocenters. The van der Waals surface area contributed by atoms with Crippen molar-refractivity contribution >= 4 is 27.7 Å². The molecule has 7 heteroatoms. The molecule has 126 valence electrons. The van der Waals surface area contributed by atoms with Gasteiger partial charge in [-0.3, -0.25) is 9.59 Å². The quantitative estimate of drug-likeness (QED) is 0.791. The number of nitrogens with one attached hydrogen (secondary N) is 2. The van der Waals surface area contributed by atoms with E-state index in [2.05, 4.69) is 26.6 Å². The van der Waals surface area contributed by atoms with Crippen molar-refractivity contribution in [3.8, 4) is 5.75 Å². The van der Waals surface area contributed by atoms with Crippen LogP contribution in [0.1, 0.15) is 15.9 Å². The number of hydrogen-bond acceptors (Lipinski definition) is 3. The molecule has 0 unspecified atom stereocenters. The second kappa shape index (κ2) is 8.44. The highest BCUT2D eigenvalue weighted by Crippen LogP contribution is 2.21. The highest BCUT2D eigenvalue weighted by molar-refractivity contribution is 9.10. The molecular formula is C17H16BrFN2O3. The van der Waals surface area contributed by atoms with Gasteiger partial charge < -0.3 is 15.4 Å². The van der Waals surface area contributed by atoms with E-state index < -0.39 is 5.82 Å². The van der Waals surface area contributed by atoms with Crippen LogP contribution in [0.4, 0.5) is 4.39 Å². The first-order chi connectivity index (χ1) is 11.5. The van der Waals surface area contributed by atoms with Gasteiger partial charge in [0.1, 0.15) is 0 Å². The summed E-state index contributed by atoms with van der Waals surface area (Å²) in [6, 6.07) is 11.2. The van der Waals surface area contributed by atoms with Gasteiger partial charge in [-0.25, -0.2) is 4.39 Å². The number of ether oxygens (including phenoxy) is 1. The molecule has 0 heterocycles. The fourth-order valence-corrected chi connectivity index (χ4v) is 2.24. The van der Waals surface area contributed by atoms with Gasteiger partial charge in [-0.2, -0.15) is 0 Å². The molecule has 0 fully saturated rings. The third kappa shape index (κ3) is 5.06. The molecule has 2 N–H and O–H groups in total. The van der Waals surface area contributed by atoms with Crippen molar-refractivity contribution in [2.75, 3.05) is 13.7 Å². The zero-order valence-corrected chi connectivity index (χ0v) is 14.5. The average Bonchev–Trinajstić information content (AvgIpc) is 2.59. The molecule has 0 saturated carbocycles. The topological polar surface area (TPSA) is 67.4 Å². The summed E-state index contributed by atoms with van der Waals surface area (Å²) in [7, 11) is 1.56. The van der Waals surface area contributed by atoms with E-state index in [0.717, 1.165) is 5.56 Å². The summed E-state index contributed by atoms with van der Waals surface area (Å²) < 4.78 is 19.3. The van der Waals surface area contributed by atoms with Gasteiger partial charge in [0.25, 0.3) is 11.8 Å². The maximum atomic E-state index is 13.6. The first kappa shape index (κ1) is 17.9. The Morgan fingerprint density at radius 3 is 2.50 bits per heavy atom. The highest BCUT2D eigenvalue weighted by Gasteiger charge is 2.08. The molecule has 0 aliphatic rings. The summed E-state index contributed by atoms with van der Waals surface area (Å²) in [4.78, 5) is 23.2. The number of amides is 2. The van der Waals surface area contributed by atoms with Crippen LogP contribution in [0.2, 0.25) is 0 Å². The third-order valence-corrected chi connectivity index (χ3v) is 3.68. The molecule has 0 aliphatic carbocycles. The Morgan fingerprint density at radius 2 is 1.88 bits per heavy atom. The minimum absolute atomic E-state index is 0.0169. The van der Waals surface area contributed by atoms with Gasteiger partial charge in [0.05, 0.1) is 0 Å². The number of benzene rings is 2. The lowest BCUT2D eigenvalue weighted by molar-refractivity contribution is -0.123. The molecule has 2 amide bonds. The van der Waals surface area contributed by atoms with Crippen LogP contribution in [0, 0.1) is 5.82 Å². The van der Waals surface area contributed by atoms with E-state index in [4.69, 9.17) is 4.74 Å². The van der Waals surface area contributed by atoms with Crippen molar-refractivity contribution in [1.29, 1.82) is 0 Å². The molecule has 24 heavy (non-hydrogen) atoms. The molecule has 0 aromatic heterocycles. The van der Waals surface area contributed by atoms with Crippen LogP contribution >= 0.6 is 15.9 Å². The van der Waals surface area contributed by atoms with Gasteiger partial charge in [0.2, 0.25) is 0 Å². The van der Waals surface area contributed by atoms with Crippen molar-refractivity contribution in [3.05, 3.63) is 63.9 Å². The average molecular weight is 395 g/mol. The van der Waals surface area contributed by atoms with Crippen LogP contribution in [0.3, 0.4) is 0 Å².